The molecule has 1 heterocycles. The third-order valence-corrected chi connectivity index (χ3v) is 7.03. The number of anilines is 1. The number of rotatable bonds is 8. The van der Waals surface area contributed by atoms with Gasteiger partial charge in [-0.3, -0.25) is 0 Å². The zero-order chi connectivity index (χ0) is 24.9. The smallest absolute Gasteiger partial charge is 0.407 e. The molecule has 1 aliphatic heterocycles. The maximum atomic E-state index is 12.3. The fraction of sp³-hybridized carbons (Fsp3) is 0.345. The van der Waals surface area contributed by atoms with Crippen LogP contribution in [-0.4, -0.2) is 61.9 Å². The molecule has 3 aromatic carbocycles. The van der Waals surface area contributed by atoms with Gasteiger partial charge in [-0.25, -0.2) is 4.79 Å². The second kappa shape index (κ2) is 11.1. The lowest BCUT2D eigenvalue weighted by atomic mass is 9.98. The van der Waals surface area contributed by atoms with E-state index in [4.69, 9.17) is 9.47 Å². The lowest BCUT2D eigenvalue weighted by molar-refractivity contribution is 0.0137. The van der Waals surface area contributed by atoms with Crippen molar-refractivity contribution in [1.29, 1.82) is 0 Å². The maximum absolute atomic E-state index is 12.3. The van der Waals surface area contributed by atoms with Gasteiger partial charge in [-0.2, -0.15) is 0 Å². The fourth-order valence-electron chi connectivity index (χ4n) is 5.06. The van der Waals surface area contributed by atoms with Gasteiger partial charge >= 0.3 is 6.09 Å². The van der Waals surface area contributed by atoms with Crippen molar-refractivity contribution >= 4 is 11.8 Å². The number of ether oxygens (including phenoxy) is 2. The van der Waals surface area contributed by atoms with E-state index >= 15 is 0 Å². The summed E-state index contributed by atoms with van der Waals surface area (Å²) in [4.78, 5) is 14.6. The Kier molecular flexibility index (Phi) is 7.51. The Morgan fingerprint density at radius 1 is 0.944 bits per heavy atom. The number of amides is 1. The van der Waals surface area contributed by atoms with Gasteiger partial charge in [0.2, 0.25) is 0 Å². The molecule has 7 heteroatoms. The van der Waals surface area contributed by atoms with Gasteiger partial charge in [-0.1, -0.05) is 60.7 Å². The first-order chi connectivity index (χ1) is 17.6. The topological polar surface area (TPSA) is 91.3 Å². The van der Waals surface area contributed by atoms with Gasteiger partial charge in [-0.15, -0.1) is 0 Å². The maximum Gasteiger partial charge on any atom is 0.407 e. The van der Waals surface area contributed by atoms with Gasteiger partial charge in [0.05, 0.1) is 19.3 Å². The third kappa shape index (κ3) is 5.23. The number of nitrogens with zero attached hydrogens (tertiary/aromatic N) is 1. The number of morpholine rings is 1. The molecule has 1 amide bonds. The molecule has 0 aromatic heterocycles. The largest absolute Gasteiger partial charge is 0.449 e. The van der Waals surface area contributed by atoms with Crippen molar-refractivity contribution < 1.29 is 24.5 Å². The average molecular weight is 489 g/mol. The highest BCUT2D eigenvalue weighted by Gasteiger charge is 2.29. The molecular formula is C29H32N2O5. The predicted molar refractivity (Wildman–Crippen MR) is 138 cm³/mol. The Balaban J connectivity index is 1.09. The van der Waals surface area contributed by atoms with Crippen molar-refractivity contribution in [2.24, 2.45) is 0 Å². The number of carbonyl (C=O) groups is 1. The molecule has 36 heavy (non-hydrogen) atoms. The van der Waals surface area contributed by atoms with E-state index in [0.29, 0.717) is 18.8 Å². The molecule has 1 saturated heterocycles. The van der Waals surface area contributed by atoms with Gasteiger partial charge in [0.25, 0.3) is 0 Å². The number of hydrogen-bond donors (Lipinski definition) is 3. The SMILES string of the molecule is O=C(NCCC(O)C(O)c1ccc(N2CCOCC2)cc1)OCC1c2ccccc2-c2ccccc21. The molecule has 188 valence electrons. The molecule has 2 atom stereocenters. The van der Waals surface area contributed by atoms with E-state index < -0.39 is 18.3 Å². The minimum absolute atomic E-state index is 0.00371. The lowest BCUT2D eigenvalue weighted by Gasteiger charge is -2.29. The van der Waals surface area contributed by atoms with Crippen LogP contribution in [0.4, 0.5) is 10.5 Å². The molecule has 0 saturated carbocycles. The number of alkyl carbamates (subject to hydrolysis) is 1. The van der Waals surface area contributed by atoms with E-state index in [-0.39, 0.29) is 25.5 Å². The molecule has 3 aromatic rings. The molecule has 1 fully saturated rings. The molecule has 0 radical (unpaired) electrons. The van der Waals surface area contributed by atoms with Crippen LogP contribution in [0.25, 0.3) is 11.1 Å². The minimum atomic E-state index is -1.03. The van der Waals surface area contributed by atoms with Crippen molar-refractivity contribution in [1.82, 2.24) is 5.32 Å². The van der Waals surface area contributed by atoms with Crippen LogP contribution in [0.2, 0.25) is 0 Å². The molecule has 7 nitrogen and oxygen atoms in total. The van der Waals surface area contributed by atoms with E-state index in [1.807, 2.05) is 48.5 Å². The fourth-order valence-corrected chi connectivity index (χ4v) is 5.06. The van der Waals surface area contributed by atoms with E-state index in [1.54, 1.807) is 0 Å². The summed E-state index contributed by atoms with van der Waals surface area (Å²) >= 11 is 0. The summed E-state index contributed by atoms with van der Waals surface area (Å²) in [6.45, 7) is 3.53. The average Bonchev–Trinajstić information content (AvgIpc) is 3.25. The predicted octanol–water partition coefficient (Wildman–Crippen LogP) is 3.85. The number of fused-ring (bicyclic) bond motifs is 3. The normalized spacial score (nSPS) is 16.7. The Labute approximate surface area is 211 Å². The monoisotopic (exact) mass is 488 g/mol. The summed E-state index contributed by atoms with van der Waals surface area (Å²) < 4.78 is 10.9. The van der Waals surface area contributed by atoms with Crippen molar-refractivity contribution in [3.63, 3.8) is 0 Å². The molecule has 5 rings (SSSR count). The zero-order valence-electron chi connectivity index (χ0n) is 20.2. The highest BCUT2D eigenvalue weighted by Crippen LogP contribution is 2.44. The Hall–Kier alpha value is -3.39. The quantitative estimate of drug-likeness (QED) is 0.446. The summed E-state index contributed by atoms with van der Waals surface area (Å²) in [5, 5.41) is 23.7. The first kappa shape index (κ1) is 24.3. The molecule has 0 spiro atoms. The highest BCUT2D eigenvalue weighted by atomic mass is 16.5. The van der Waals surface area contributed by atoms with Crippen LogP contribution in [0.1, 0.15) is 35.1 Å². The number of hydrogen-bond acceptors (Lipinski definition) is 6. The number of aliphatic hydroxyl groups is 2. The van der Waals surface area contributed by atoms with Crippen LogP contribution >= 0.6 is 0 Å². The Bertz CT molecular complexity index is 1130. The number of carbonyl (C=O) groups excluding carboxylic acids is 1. The van der Waals surface area contributed by atoms with E-state index in [9.17, 15) is 15.0 Å². The number of benzene rings is 3. The van der Waals surface area contributed by atoms with Crippen LogP contribution in [0.15, 0.2) is 72.8 Å². The van der Waals surface area contributed by atoms with Crippen LogP contribution in [0, 0.1) is 0 Å². The van der Waals surface area contributed by atoms with Crippen molar-refractivity contribution in [2.75, 3.05) is 44.4 Å². The van der Waals surface area contributed by atoms with Crippen LogP contribution < -0.4 is 10.2 Å². The van der Waals surface area contributed by atoms with Gasteiger partial charge in [0, 0.05) is 31.2 Å². The second-order valence-corrected chi connectivity index (χ2v) is 9.24. The van der Waals surface area contributed by atoms with Gasteiger partial charge < -0.3 is 29.9 Å². The molecular weight excluding hydrogens is 456 g/mol. The first-order valence-electron chi connectivity index (χ1n) is 12.5. The standard InChI is InChI=1S/C29H32N2O5/c32-27(28(33)20-9-11-21(12-10-20)31-15-17-35-18-16-31)13-14-30-29(34)36-19-26-24-7-3-1-5-22(24)23-6-2-4-8-25(23)26/h1-12,26-28,32-33H,13-19H2,(H,30,34). The van der Waals surface area contributed by atoms with Crippen molar-refractivity contribution in [2.45, 2.75) is 24.5 Å². The summed E-state index contributed by atoms with van der Waals surface area (Å²) in [5.41, 5.74) is 6.38. The molecule has 1 aliphatic carbocycles. The number of nitrogens with one attached hydrogen (secondary N) is 1. The summed E-state index contributed by atoms with van der Waals surface area (Å²) in [7, 11) is 0. The second-order valence-electron chi connectivity index (χ2n) is 9.24. The van der Waals surface area contributed by atoms with E-state index in [1.165, 1.54) is 11.1 Å². The van der Waals surface area contributed by atoms with Crippen LogP contribution in [0.3, 0.4) is 0 Å². The van der Waals surface area contributed by atoms with Crippen molar-refractivity contribution in [3.8, 4) is 11.1 Å². The van der Waals surface area contributed by atoms with Crippen LogP contribution in [-0.2, 0) is 9.47 Å². The lowest BCUT2D eigenvalue weighted by Crippen LogP contribution is -2.36. The van der Waals surface area contributed by atoms with Gasteiger partial charge in [0.15, 0.2) is 0 Å². The van der Waals surface area contributed by atoms with Crippen molar-refractivity contribution in [3.05, 3.63) is 89.5 Å². The summed E-state index contributed by atoms with van der Waals surface area (Å²) in [5.74, 6) is -0.00371. The van der Waals surface area contributed by atoms with Crippen LogP contribution in [0.5, 0.6) is 0 Å². The Morgan fingerprint density at radius 3 is 2.19 bits per heavy atom. The summed E-state index contributed by atoms with van der Waals surface area (Å²) in [6, 6.07) is 23.9. The third-order valence-electron chi connectivity index (χ3n) is 7.03. The van der Waals surface area contributed by atoms with Gasteiger partial charge in [0.1, 0.15) is 12.7 Å². The molecule has 2 aliphatic rings. The Morgan fingerprint density at radius 2 is 1.56 bits per heavy atom. The summed E-state index contributed by atoms with van der Waals surface area (Å²) in [6.07, 6.45) is -2.37. The van der Waals surface area contributed by atoms with E-state index in [0.717, 1.165) is 29.9 Å². The number of aliphatic hydroxyl groups excluding tert-OH is 2. The zero-order valence-corrected chi connectivity index (χ0v) is 20.2. The molecule has 3 N–H and O–H groups in total. The molecule has 0 bridgehead atoms. The molecule has 2 unspecified atom stereocenters. The minimum Gasteiger partial charge on any atom is -0.449 e. The highest BCUT2D eigenvalue weighted by molar-refractivity contribution is 5.79. The van der Waals surface area contributed by atoms with Gasteiger partial charge in [-0.05, 0) is 46.4 Å². The first-order valence-corrected chi connectivity index (χ1v) is 12.5. The van der Waals surface area contributed by atoms with E-state index in [2.05, 4.69) is 34.5 Å².